The van der Waals surface area contributed by atoms with Crippen LogP contribution in [0.25, 0.3) is 0 Å². The minimum Gasteiger partial charge on any atom is -0.382 e. The number of nitrogens with one attached hydrogen (secondary N) is 1. The monoisotopic (exact) mass is 266 g/mol. The van der Waals surface area contributed by atoms with Crippen LogP contribution in [0.5, 0.6) is 0 Å². The third-order valence-electron chi connectivity index (χ3n) is 2.17. The lowest BCUT2D eigenvalue weighted by Crippen LogP contribution is -2.28. The van der Waals surface area contributed by atoms with Crippen LogP contribution in [0, 0.1) is 0 Å². The van der Waals surface area contributed by atoms with Gasteiger partial charge in [-0.25, -0.2) is 4.68 Å². The van der Waals surface area contributed by atoms with E-state index in [0.717, 1.165) is 10.6 Å². The molecule has 2 rings (SSSR count). The molecule has 0 radical (unpaired) electrons. The summed E-state index contributed by atoms with van der Waals surface area (Å²) in [7, 11) is 0. The molecule has 0 atom stereocenters. The lowest BCUT2D eigenvalue weighted by atomic mass is 10.2. The number of nitrogens with zero attached hydrogens (tertiary/aromatic N) is 2. The Morgan fingerprint density at radius 2 is 2.06 bits per heavy atom. The van der Waals surface area contributed by atoms with Gasteiger partial charge >= 0.3 is 0 Å². The highest BCUT2D eigenvalue weighted by Crippen LogP contribution is 2.09. The average molecular weight is 267 g/mol. The molecular formula is C11H11ClN4S. The molecule has 0 bridgehead atoms. The molecule has 0 unspecified atom stereocenters. The maximum atomic E-state index is 5.80. The Balaban J connectivity index is 1.94. The second kappa shape index (κ2) is 5.16. The minimum absolute atomic E-state index is 0.445. The Morgan fingerprint density at radius 1 is 1.35 bits per heavy atom. The molecular weight excluding hydrogens is 256 g/mol. The number of thiocarbonyl (C=S) groups is 1. The van der Waals surface area contributed by atoms with Crippen LogP contribution in [0.15, 0.2) is 36.5 Å². The Hall–Kier alpha value is -1.59. The SMILES string of the molecule is Nc1ccn(C(=S)NCc2ccc(Cl)cc2)n1. The smallest absolute Gasteiger partial charge is 0.194 e. The number of halogens is 1. The van der Waals surface area contributed by atoms with Crippen molar-refractivity contribution in [2.45, 2.75) is 6.54 Å². The summed E-state index contributed by atoms with van der Waals surface area (Å²) in [5.74, 6) is 0.445. The first-order valence-corrected chi connectivity index (χ1v) is 5.77. The molecule has 0 aliphatic carbocycles. The van der Waals surface area contributed by atoms with Crippen LogP contribution in [0.3, 0.4) is 0 Å². The van der Waals surface area contributed by atoms with Gasteiger partial charge in [-0.05, 0) is 29.9 Å². The van der Waals surface area contributed by atoms with Crippen LogP contribution in [0.1, 0.15) is 5.56 Å². The standard InChI is InChI=1S/C11H11ClN4S/c12-9-3-1-8(2-4-9)7-14-11(17)16-6-5-10(13)15-16/h1-6H,7H2,(H2,13,15)(H,14,17). The average Bonchev–Trinajstić information content (AvgIpc) is 2.75. The highest BCUT2D eigenvalue weighted by atomic mass is 35.5. The fraction of sp³-hybridized carbons (Fsp3) is 0.0909. The van der Waals surface area contributed by atoms with Crippen LogP contribution >= 0.6 is 23.8 Å². The molecule has 1 aromatic carbocycles. The minimum atomic E-state index is 0.445. The first kappa shape index (κ1) is 11.9. The summed E-state index contributed by atoms with van der Waals surface area (Å²) in [6.07, 6.45) is 1.71. The fourth-order valence-corrected chi connectivity index (χ4v) is 1.61. The van der Waals surface area contributed by atoms with E-state index in [9.17, 15) is 0 Å². The Morgan fingerprint density at radius 3 is 2.65 bits per heavy atom. The first-order valence-electron chi connectivity index (χ1n) is 4.99. The second-order valence-corrected chi connectivity index (χ2v) is 4.29. The Kier molecular flexibility index (Phi) is 3.61. The zero-order chi connectivity index (χ0) is 12.3. The van der Waals surface area contributed by atoms with E-state index in [1.807, 2.05) is 24.3 Å². The summed E-state index contributed by atoms with van der Waals surface area (Å²) in [5, 5.41) is 8.32. The van der Waals surface area contributed by atoms with Crippen molar-refractivity contribution in [1.82, 2.24) is 15.1 Å². The van der Waals surface area contributed by atoms with Gasteiger partial charge in [0.2, 0.25) is 0 Å². The number of hydrogen-bond acceptors (Lipinski definition) is 3. The van der Waals surface area contributed by atoms with E-state index in [-0.39, 0.29) is 0 Å². The number of anilines is 1. The second-order valence-electron chi connectivity index (χ2n) is 3.47. The van der Waals surface area contributed by atoms with E-state index < -0.39 is 0 Å². The zero-order valence-corrected chi connectivity index (χ0v) is 10.5. The summed E-state index contributed by atoms with van der Waals surface area (Å²) in [6.45, 7) is 0.621. The lowest BCUT2D eigenvalue weighted by molar-refractivity contribution is 0.838. The molecule has 2 aromatic rings. The number of hydrogen-bond donors (Lipinski definition) is 2. The predicted octanol–water partition coefficient (Wildman–Crippen LogP) is 2.04. The van der Waals surface area contributed by atoms with Crippen LogP contribution in [-0.2, 0) is 6.54 Å². The van der Waals surface area contributed by atoms with Crippen molar-refractivity contribution in [3.63, 3.8) is 0 Å². The van der Waals surface area contributed by atoms with E-state index in [0.29, 0.717) is 17.5 Å². The van der Waals surface area contributed by atoms with E-state index >= 15 is 0 Å². The molecule has 0 saturated carbocycles. The molecule has 0 aliphatic rings. The molecule has 0 amide bonds. The van der Waals surface area contributed by atoms with Gasteiger partial charge in [0.1, 0.15) is 5.82 Å². The van der Waals surface area contributed by atoms with Gasteiger partial charge in [-0.15, -0.1) is 5.10 Å². The first-order chi connectivity index (χ1) is 8.15. The summed E-state index contributed by atoms with van der Waals surface area (Å²) in [6, 6.07) is 9.25. The molecule has 6 heteroatoms. The summed E-state index contributed by atoms with van der Waals surface area (Å²) >= 11 is 11.0. The van der Waals surface area contributed by atoms with Crippen LogP contribution in [0.2, 0.25) is 5.02 Å². The molecule has 0 saturated heterocycles. The van der Waals surface area contributed by atoms with Crippen molar-refractivity contribution < 1.29 is 0 Å². The molecule has 0 spiro atoms. The summed E-state index contributed by atoms with van der Waals surface area (Å²) in [5.41, 5.74) is 6.60. The lowest BCUT2D eigenvalue weighted by Gasteiger charge is -2.07. The molecule has 0 aliphatic heterocycles. The quantitative estimate of drug-likeness (QED) is 0.817. The van der Waals surface area contributed by atoms with Gasteiger partial charge in [0.05, 0.1) is 0 Å². The van der Waals surface area contributed by atoms with Crippen molar-refractivity contribution in [1.29, 1.82) is 0 Å². The predicted molar refractivity (Wildman–Crippen MR) is 72.9 cm³/mol. The number of aromatic nitrogens is 2. The molecule has 17 heavy (non-hydrogen) atoms. The Labute approximate surface area is 109 Å². The molecule has 1 heterocycles. The van der Waals surface area contributed by atoms with Crippen molar-refractivity contribution in [2.24, 2.45) is 0 Å². The van der Waals surface area contributed by atoms with Gasteiger partial charge in [0, 0.05) is 23.8 Å². The molecule has 0 fully saturated rings. The number of nitrogen functional groups attached to an aromatic ring is 1. The van der Waals surface area contributed by atoms with Gasteiger partial charge in [-0.3, -0.25) is 0 Å². The number of rotatable bonds is 2. The van der Waals surface area contributed by atoms with Crippen molar-refractivity contribution >= 4 is 34.7 Å². The van der Waals surface area contributed by atoms with Gasteiger partial charge in [-0.2, -0.15) is 0 Å². The van der Waals surface area contributed by atoms with E-state index in [4.69, 9.17) is 29.6 Å². The molecule has 3 N–H and O–H groups in total. The highest BCUT2D eigenvalue weighted by Gasteiger charge is 2.01. The van der Waals surface area contributed by atoms with Crippen molar-refractivity contribution in [3.05, 3.63) is 47.1 Å². The van der Waals surface area contributed by atoms with Crippen LogP contribution in [0.4, 0.5) is 5.82 Å². The van der Waals surface area contributed by atoms with Gasteiger partial charge in [0.25, 0.3) is 0 Å². The van der Waals surface area contributed by atoms with E-state index in [1.165, 1.54) is 4.68 Å². The maximum Gasteiger partial charge on any atom is 0.194 e. The van der Waals surface area contributed by atoms with Crippen LogP contribution in [-0.4, -0.2) is 14.9 Å². The maximum absolute atomic E-state index is 5.80. The summed E-state index contributed by atoms with van der Waals surface area (Å²) < 4.78 is 1.53. The third-order valence-corrected chi connectivity index (χ3v) is 2.76. The third kappa shape index (κ3) is 3.18. The van der Waals surface area contributed by atoms with E-state index in [1.54, 1.807) is 12.3 Å². The van der Waals surface area contributed by atoms with Crippen LogP contribution < -0.4 is 11.1 Å². The zero-order valence-electron chi connectivity index (χ0n) is 8.93. The normalized spacial score (nSPS) is 10.2. The topological polar surface area (TPSA) is 55.9 Å². The van der Waals surface area contributed by atoms with Crippen molar-refractivity contribution in [3.8, 4) is 0 Å². The number of nitrogens with two attached hydrogens (primary N) is 1. The molecule has 1 aromatic heterocycles. The van der Waals surface area contributed by atoms with Gasteiger partial charge < -0.3 is 11.1 Å². The Bertz CT molecular complexity index is 521. The summed E-state index contributed by atoms with van der Waals surface area (Å²) in [4.78, 5) is 0. The molecule has 4 nitrogen and oxygen atoms in total. The van der Waals surface area contributed by atoms with Crippen molar-refractivity contribution in [2.75, 3.05) is 5.73 Å². The largest absolute Gasteiger partial charge is 0.382 e. The fourth-order valence-electron chi connectivity index (χ4n) is 1.31. The number of benzene rings is 1. The van der Waals surface area contributed by atoms with E-state index in [2.05, 4.69) is 10.4 Å². The molecule has 88 valence electrons. The highest BCUT2D eigenvalue weighted by molar-refractivity contribution is 7.80. The van der Waals surface area contributed by atoms with Gasteiger partial charge in [-0.1, -0.05) is 23.7 Å². The van der Waals surface area contributed by atoms with Gasteiger partial charge in [0.15, 0.2) is 5.11 Å².